The Balaban J connectivity index is 1.33. The number of methoxy groups -OCH3 is 1. The number of hydrogen-bond donors (Lipinski definition) is 0. The summed E-state index contributed by atoms with van der Waals surface area (Å²) in [6.45, 7) is 6.67. The van der Waals surface area contributed by atoms with Gasteiger partial charge in [0, 0.05) is 42.7 Å². The SMILES string of the molecule is COc1ccc(N2Cc3c(cc4cccn(C)c3-4)C2=O)cc1OCCN1CCC(C)CC1. The molecule has 0 bridgehead atoms. The van der Waals surface area contributed by atoms with Crippen LogP contribution in [0.15, 0.2) is 42.6 Å². The van der Waals surface area contributed by atoms with Gasteiger partial charge in [0.2, 0.25) is 0 Å². The van der Waals surface area contributed by atoms with Crippen LogP contribution in [0.3, 0.4) is 0 Å². The summed E-state index contributed by atoms with van der Waals surface area (Å²) in [5.41, 5.74) is 4.95. The minimum absolute atomic E-state index is 0.0368. The summed E-state index contributed by atoms with van der Waals surface area (Å²) in [5.74, 6) is 2.24. The number of piperidine rings is 1. The van der Waals surface area contributed by atoms with Crippen molar-refractivity contribution >= 4 is 11.6 Å². The number of rotatable bonds is 6. The summed E-state index contributed by atoms with van der Waals surface area (Å²) in [6, 6.07) is 11.8. The first-order chi connectivity index (χ1) is 15.5. The van der Waals surface area contributed by atoms with Gasteiger partial charge < -0.3 is 18.9 Å². The van der Waals surface area contributed by atoms with Gasteiger partial charge in [0.15, 0.2) is 11.5 Å². The number of carbonyl (C=O) groups excluding carboxylic acids is 1. The van der Waals surface area contributed by atoms with Gasteiger partial charge in [0.05, 0.1) is 19.3 Å². The average Bonchev–Trinajstić information content (AvgIpc) is 3.32. The van der Waals surface area contributed by atoms with Crippen LogP contribution >= 0.6 is 0 Å². The highest BCUT2D eigenvalue weighted by Crippen LogP contribution is 2.40. The molecule has 1 amide bonds. The third kappa shape index (κ3) is 3.73. The average molecular weight is 434 g/mol. The zero-order chi connectivity index (χ0) is 22.2. The molecule has 0 unspecified atom stereocenters. The lowest BCUT2D eigenvalue weighted by molar-refractivity contribution is 0.0996. The van der Waals surface area contributed by atoms with E-state index in [4.69, 9.17) is 9.47 Å². The highest BCUT2D eigenvalue weighted by molar-refractivity contribution is 6.12. The lowest BCUT2D eigenvalue weighted by Gasteiger charge is -2.30. The fraction of sp³-hybridized carbons (Fsp3) is 0.423. The summed E-state index contributed by atoms with van der Waals surface area (Å²) in [7, 11) is 3.68. The van der Waals surface area contributed by atoms with E-state index in [0.717, 1.165) is 53.6 Å². The number of amides is 1. The molecule has 3 aliphatic heterocycles. The zero-order valence-corrected chi connectivity index (χ0v) is 19.1. The molecule has 6 heteroatoms. The molecule has 0 saturated carbocycles. The van der Waals surface area contributed by atoms with Crippen LogP contribution in [-0.2, 0) is 13.6 Å². The molecule has 4 aliphatic rings. The first-order valence-corrected chi connectivity index (χ1v) is 11.5. The Labute approximate surface area is 189 Å². The third-order valence-corrected chi connectivity index (χ3v) is 6.91. The van der Waals surface area contributed by atoms with Crippen molar-refractivity contribution in [2.24, 2.45) is 13.0 Å². The van der Waals surface area contributed by atoms with Crippen molar-refractivity contribution in [2.45, 2.75) is 26.3 Å². The first-order valence-electron chi connectivity index (χ1n) is 11.5. The van der Waals surface area contributed by atoms with Gasteiger partial charge in [-0.3, -0.25) is 9.69 Å². The Morgan fingerprint density at radius 2 is 1.91 bits per heavy atom. The Kier molecular flexibility index (Phi) is 5.55. The van der Waals surface area contributed by atoms with E-state index in [1.54, 1.807) is 7.11 Å². The first kappa shape index (κ1) is 20.9. The van der Waals surface area contributed by atoms with Crippen LogP contribution in [0.25, 0.3) is 11.3 Å². The second-order valence-corrected chi connectivity index (χ2v) is 9.06. The van der Waals surface area contributed by atoms with Crippen molar-refractivity contribution < 1.29 is 14.3 Å². The highest BCUT2D eigenvalue weighted by atomic mass is 16.5. The standard InChI is InChI=1S/C26H31N3O3/c1-18-8-11-28(12-9-18)13-14-32-24-16-20(6-7-23(24)31-3)29-17-22-21(26(29)30)15-19-5-4-10-27(2)25(19)22/h4-7,10,15-16,18H,8-9,11-14,17H2,1-3H3. The predicted octanol–water partition coefficient (Wildman–Crippen LogP) is 4.41. The molecular formula is C26H31N3O3. The monoisotopic (exact) mass is 433 g/mol. The number of carbonyl (C=O) groups is 1. The molecule has 1 aromatic carbocycles. The van der Waals surface area contributed by atoms with Gasteiger partial charge in [-0.2, -0.15) is 0 Å². The number of aryl methyl sites for hydroxylation is 1. The number of fused-ring (bicyclic) bond motifs is 3. The van der Waals surface area contributed by atoms with Gasteiger partial charge in [0.25, 0.3) is 5.91 Å². The predicted molar refractivity (Wildman–Crippen MR) is 126 cm³/mol. The Morgan fingerprint density at radius 3 is 2.69 bits per heavy atom. The molecule has 32 heavy (non-hydrogen) atoms. The summed E-state index contributed by atoms with van der Waals surface area (Å²) >= 11 is 0. The number of hydrogen-bond acceptors (Lipinski definition) is 4. The summed E-state index contributed by atoms with van der Waals surface area (Å²) in [5, 5.41) is 0. The Morgan fingerprint density at radius 1 is 1.09 bits per heavy atom. The number of likely N-dealkylation sites (tertiary alicyclic amines) is 1. The van der Waals surface area contributed by atoms with Crippen LogP contribution in [0, 0.1) is 5.92 Å². The summed E-state index contributed by atoms with van der Waals surface area (Å²) in [4.78, 5) is 17.5. The number of pyridine rings is 1. The molecule has 6 nitrogen and oxygen atoms in total. The van der Waals surface area contributed by atoms with E-state index < -0.39 is 0 Å². The molecule has 168 valence electrons. The van der Waals surface area contributed by atoms with E-state index in [1.807, 2.05) is 48.5 Å². The molecule has 1 fully saturated rings. The van der Waals surface area contributed by atoms with E-state index in [1.165, 1.54) is 12.8 Å². The van der Waals surface area contributed by atoms with Crippen LogP contribution in [0.4, 0.5) is 5.69 Å². The van der Waals surface area contributed by atoms with Crippen molar-refractivity contribution in [3.8, 4) is 22.8 Å². The lowest BCUT2D eigenvalue weighted by atomic mass is 9.99. The molecule has 1 saturated heterocycles. The molecule has 0 radical (unpaired) electrons. The number of aromatic nitrogens is 1. The van der Waals surface area contributed by atoms with Gasteiger partial charge in [0.1, 0.15) is 6.61 Å². The maximum atomic E-state index is 13.2. The maximum absolute atomic E-state index is 13.2. The number of ether oxygens (including phenoxy) is 2. The van der Waals surface area contributed by atoms with Crippen LogP contribution in [-0.4, -0.2) is 48.7 Å². The van der Waals surface area contributed by atoms with E-state index >= 15 is 0 Å². The van der Waals surface area contributed by atoms with Crippen LogP contribution in [0.1, 0.15) is 35.7 Å². The van der Waals surface area contributed by atoms with Crippen molar-refractivity contribution in [3.63, 3.8) is 0 Å². The van der Waals surface area contributed by atoms with Crippen molar-refractivity contribution in [1.82, 2.24) is 9.47 Å². The van der Waals surface area contributed by atoms with E-state index in [0.29, 0.717) is 24.7 Å². The smallest absolute Gasteiger partial charge is 0.259 e. The highest BCUT2D eigenvalue weighted by Gasteiger charge is 2.34. The molecular weight excluding hydrogens is 402 g/mol. The van der Waals surface area contributed by atoms with Crippen molar-refractivity contribution in [2.75, 3.05) is 38.3 Å². The van der Waals surface area contributed by atoms with E-state index in [2.05, 4.69) is 22.5 Å². The molecule has 0 N–H and O–H groups in total. The zero-order valence-electron chi connectivity index (χ0n) is 19.1. The Hall–Kier alpha value is -2.99. The number of benzene rings is 1. The van der Waals surface area contributed by atoms with Gasteiger partial charge >= 0.3 is 0 Å². The molecule has 0 atom stereocenters. The van der Waals surface area contributed by atoms with E-state index in [9.17, 15) is 4.79 Å². The van der Waals surface area contributed by atoms with Gasteiger partial charge in [-0.15, -0.1) is 0 Å². The molecule has 1 aromatic rings. The quantitative estimate of drug-likeness (QED) is 0.578. The van der Waals surface area contributed by atoms with Crippen molar-refractivity contribution in [1.29, 1.82) is 0 Å². The summed E-state index contributed by atoms with van der Waals surface area (Å²) in [6.07, 6.45) is 4.54. The molecule has 0 spiro atoms. The topological polar surface area (TPSA) is 46.9 Å². The van der Waals surface area contributed by atoms with Gasteiger partial charge in [-0.05, 0) is 61.7 Å². The third-order valence-electron chi connectivity index (χ3n) is 6.91. The van der Waals surface area contributed by atoms with Crippen molar-refractivity contribution in [3.05, 3.63) is 53.7 Å². The van der Waals surface area contributed by atoms with E-state index in [-0.39, 0.29) is 5.91 Å². The Bertz CT molecular complexity index is 1100. The van der Waals surface area contributed by atoms with Gasteiger partial charge in [-0.1, -0.05) is 13.0 Å². The number of nitrogens with zero attached hydrogens (tertiary/aromatic N) is 3. The second-order valence-electron chi connectivity index (χ2n) is 9.06. The fourth-order valence-corrected chi connectivity index (χ4v) is 4.96. The molecule has 5 rings (SSSR count). The van der Waals surface area contributed by atoms with Crippen LogP contribution < -0.4 is 14.4 Å². The summed E-state index contributed by atoms with van der Waals surface area (Å²) < 4.78 is 13.7. The second kappa shape index (κ2) is 8.51. The number of anilines is 1. The van der Waals surface area contributed by atoms with Crippen LogP contribution in [0.2, 0.25) is 0 Å². The van der Waals surface area contributed by atoms with Gasteiger partial charge in [-0.25, -0.2) is 0 Å². The minimum atomic E-state index is 0.0368. The molecule has 1 aliphatic carbocycles. The maximum Gasteiger partial charge on any atom is 0.259 e. The normalized spacial score (nSPS) is 17.2. The minimum Gasteiger partial charge on any atom is -0.493 e. The molecule has 3 heterocycles. The largest absolute Gasteiger partial charge is 0.493 e. The van der Waals surface area contributed by atoms with Crippen LogP contribution in [0.5, 0.6) is 11.5 Å². The lowest BCUT2D eigenvalue weighted by Crippen LogP contribution is -2.35. The molecule has 0 aromatic heterocycles. The fourth-order valence-electron chi connectivity index (χ4n) is 4.96.